The molecule has 0 aliphatic carbocycles. The van der Waals surface area contributed by atoms with Gasteiger partial charge in [-0.25, -0.2) is 0 Å². The van der Waals surface area contributed by atoms with Crippen LogP contribution in [0, 0.1) is 20.8 Å². The zero-order valence-corrected chi connectivity index (χ0v) is 15.4. The second kappa shape index (κ2) is 8.62. The summed E-state index contributed by atoms with van der Waals surface area (Å²) in [6.45, 7) is 8.60. The number of hydrogen-bond donors (Lipinski definition) is 2. The van der Waals surface area contributed by atoms with Crippen LogP contribution in [0.4, 0.5) is 0 Å². The van der Waals surface area contributed by atoms with Crippen molar-refractivity contribution in [3.8, 4) is 0 Å². The Morgan fingerprint density at radius 3 is 2.56 bits per heavy atom. The molecule has 134 valence electrons. The lowest BCUT2D eigenvalue weighted by Crippen LogP contribution is -2.35. The number of aliphatic hydroxyl groups is 1. The average molecular weight is 341 g/mol. The molecule has 5 heteroatoms. The van der Waals surface area contributed by atoms with E-state index in [-0.39, 0.29) is 18.6 Å². The number of rotatable bonds is 7. The molecule has 1 aromatic carbocycles. The van der Waals surface area contributed by atoms with Gasteiger partial charge >= 0.3 is 0 Å². The van der Waals surface area contributed by atoms with Gasteiger partial charge in [0, 0.05) is 17.3 Å². The van der Waals surface area contributed by atoms with Crippen LogP contribution in [0.2, 0.25) is 0 Å². The lowest BCUT2D eigenvalue weighted by Gasteiger charge is -2.11. The van der Waals surface area contributed by atoms with E-state index in [1.165, 1.54) is 17.2 Å². The third-order valence-electron chi connectivity index (χ3n) is 4.35. The van der Waals surface area contributed by atoms with Crippen molar-refractivity contribution in [3.63, 3.8) is 0 Å². The van der Waals surface area contributed by atoms with Gasteiger partial charge < -0.3 is 10.4 Å². The van der Waals surface area contributed by atoms with Crippen LogP contribution in [0.1, 0.15) is 41.4 Å². The van der Waals surface area contributed by atoms with Gasteiger partial charge in [0.25, 0.3) is 0 Å². The molecule has 0 aliphatic heterocycles. The molecule has 2 aromatic rings. The number of nitrogens with one attached hydrogen (secondary N) is 1. The fourth-order valence-corrected chi connectivity index (χ4v) is 2.66. The largest absolute Gasteiger partial charge is 0.394 e. The lowest BCUT2D eigenvalue weighted by molar-refractivity contribution is -0.117. The molecule has 0 fully saturated rings. The summed E-state index contributed by atoms with van der Waals surface area (Å²) in [6, 6.07) is 8.20. The number of carbonyl (C=O) groups is 1. The molecule has 1 heterocycles. The summed E-state index contributed by atoms with van der Waals surface area (Å²) >= 11 is 0. The summed E-state index contributed by atoms with van der Waals surface area (Å²) < 4.78 is 1.96. The third-order valence-corrected chi connectivity index (χ3v) is 4.35. The highest BCUT2D eigenvalue weighted by Crippen LogP contribution is 2.16. The van der Waals surface area contributed by atoms with E-state index in [2.05, 4.69) is 41.6 Å². The maximum atomic E-state index is 12.0. The highest BCUT2D eigenvalue weighted by atomic mass is 16.3. The van der Waals surface area contributed by atoms with Crippen LogP contribution in [0.5, 0.6) is 0 Å². The van der Waals surface area contributed by atoms with Crippen LogP contribution in [0.15, 0.2) is 30.3 Å². The maximum absolute atomic E-state index is 12.0. The van der Waals surface area contributed by atoms with Gasteiger partial charge in [0.15, 0.2) is 0 Å². The highest BCUT2D eigenvalue weighted by molar-refractivity contribution is 5.92. The van der Waals surface area contributed by atoms with Crippen molar-refractivity contribution < 1.29 is 9.90 Å². The minimum absolute atomic E-state index is 0.0530. The molecule has 1 aromatic heterocycles. The van der Waals surface area contributed by atoms with Crippen LogP contribution in [-0.4, -0.2) is 33.4 Å². The molecule has 0 spiro atoms. The Balaban J connectivity index is 2.12. The molecule has 1 unspecified atom stereocenters. The van der Waals surface area contributed by atoms with E-state index in [9.17, 15) is 4.79 Å². The van der Waals surface area contributed by atoms with Crippen LogP contribution < -0.4 is 5.32 Å². The molecule has 5 nitrogen and oxygen atoms in total. The first kappa shape index (κ1) is 18.9. The van der Waals surface area contributed by atoms with E-state index in [0.29, 0.717) is 13.0 Å². The molecule has 2 rings (SSSR count). The summed E-state index contributed by atoms with van der Waals surface area (Å²) in [5, 5.41) is 16.5. The molecule has 1 atom stereocenters. The SMILES string of the molecule is CCC(CO)NC(=O)/C=C/c1c(C)nn(Cc2ccc(C)cc2)c1C. The standard InChI is InChI=1S/C20H27N3O2/c1-5-18(13-24)21-20(25)11-10-19-15(3)22-23(16(19)4)12-17-8-6-14(2)7-9-17/h6-11,18,24H,5,12-13H2,1-4H3,(H,21,25)/b11-10+. The molecular weight excluding hydrogens is 314 g/mol. The molecule has 0 radical (unpaired) electrons. The van der Waals surface area contributed by atoms with Crippen molar-refractivity contribution in [2.45, 2.75) is 46.7 Å². The predicted molar refractivity (Wildman–Crippen MR) is 100 cm³/mol. The van der Waals surface area contributed by atoms with E-state index in [4.69, 9.17) is 5.11 Å². The number of aryl methyl sites for hydroxylation is 2. The summed E-state index contributed by atoms with van der Waals surface area (Å²) in [6.07, 6.45) is 4.00. The van der Waals surface area contributed by atoms with Gasteiger partial charge in [-0.05, 0) is 38.8 Å². The smallest absolute Gasteiger partial charge is 0.244 e. The number of benzene rings is 1. The van der Waals surface area contributed by atoms with Gasteiger partial charge in [-0.2, -0.15) is 5.10 Å². The van der Waals surface area contributed by atoms with Crippen LogP contribution in [-0.2, 0) is 11.3 Å². The fourth-order valence-electron chi connectivity index (χ4n) is 2.66. The number of aliphatic hydroxyl groups excluding tert-OH is 1. The van der Waals surface area contributed by atoms with E-state index in [1.54, 1.807) is 6.08 Å². The monoisotopic (exact) mass is 341 g/mol. The molecule has 0 bridgehead atoms. The Morgan fingerprint density at radius 2 is 1.96 bits per heavy atom. The lowest BCUT2D eigenvalue weighted by atomic mass is 10.1. The van der Waals surface area contributed by atoms with Crippen molar-refractivity contribution >= 4 is 12.0 Å². The Kier molecular flexibility index (Phi) is 6.53. The highest BCUT2D eigenvalue weighted by Gasteiger charge is 2.11. The second-order valence-electron chi connectivity index (χ2n) is 6.36. The van der Waals surface area contributed by atoms with Crippen molar-refractivity contribution in [2.75, 3.05) is 6.61 Å². The molecule has 1 amide bonds. The van der Waals surface area contributed by atoms with Gasteiger partial charge in [0.1, 0.15) is 0 Å². The summed E-state index contributed by atoms with van der Waals surface area (Å²) in [5.41, 5.74) is 5.30. The van der Waals surface area contributed by atoms with Crippen molar-refractivity contribution in [2.24, 2.45) is 0 Å². The van der Waals surface area contributed by atoms with Crippen molar-refractivity contribution in [1.82, 2.24) is 15.1 Å². The Morgan fingerprint density at radius 1 is 1.28 bits per heavy atom. The number of hydrogen-bond acceptors (Lipinski definition) is 3. The van der Waals surface area contributed by atoms with E-state index in [0.717, 1.165) is 17.0 Å². The predicted octanol–water partition coefficient (Wildman–Crippen LogP) is 2.76. The Labute approximate surface area is 149 Å². The number of amides is 1. The van der Waals surface area contributed by atoms with Gasteiger partial charge in [-0.3, -0.25) is 9.48 Å². The Hall–Kier alpha value is -2.40. The molecule has 2 N–H and O–H groups in total. The van der Waals surface area contributed by atoms with Gasteiger partial charge in [0.05, 0.1) is 24.9 Å². The second-order valence-corrected chi connectivity index (χ2v) is 6.36. The minimum atomic E-state index is -0.205. The topological polar surface area (TPSA) is 67.2 Å². The van der Waals surface area contributed by atoms with E-state index < -0.39 is 0 Å². The van der Waals surface area contributed by atoms with Crippen molar-refractivity contribution in [1.29, 1.82) is 0 Å². The summed E-state index contributed by atoms with van der Waals surface area (Å²) in [7, 11) is 0. The molecular formula is C20H27N3O2. The van der Waals surface area contributed by atoms with E-state index >= 15 is 0 Å². The number of carbonyl (C=O) groups excluding carboxylic acids is 1. The molecule has 0 saturated heterocycles. The number of aromatic nitrogens is 2. The zero-order valence-electron chi connectivity index (χ0n) is 15.4. The average Bonchev–Trinajstić information content (AvgIpc) is 2.86. The molecule has 0 saturated carbocycles. The number of nitrogens with zero attached hydrogens (tertiary/aromatic N) is 2. The first-order chi connectivity index (χ1) is 11.9. The van der Waals surface area contributed by atoms with Gasteiger partial charge in [-0.1, -0.05) is 36.8 Å². The minimum Gasteiger partial charge on any atom is -0.394 e. The van der Waals surface area contributed by atoms with Gasteiger partial charge in [-0.15, -0.1) is 0 Å². The van der Waals surface area contributed by atoms with Crippen molar-refractivity contribution in [3.05, 3.63) is 58.4 Å². The van der Waals surface area contributed by atoms with E-state index in [1.807, 2.05) is 25.5 Å². The van der Waals surface area contributed by atoms with Crippen LogP contribution in [0.3, 0.4) is 0 Å². The maximum Gasteiger partial charge on any atom is 0.244 e. The normalized spacial score (nSPS) is 12.5. The summed E-state index contributed by atoms with van der Waals surface area (Å²) in [5.74, 6) is -0.203. The zero-order chi connectivity index (χ0) is 18.4. The summed E-state index contributed by atoms with van der Waals surface area (Å²) in [4.78, 5) is 12.0. The van der Waals surface area contributed by atoms with Crippen LogP contribution in [0.25, 0.3) is 6.08 Å². The first-order valence-electron chi connectivity index (χ1n) is 8.63. The third kappa shape index (κ3) is 5.03. The van der Waals surface area contributed by atoms with Gasteiger partial charge in [0.2, 0.25) is 5.91 Å². The van der Waals surface area contributed by atoms with Crippen LogP contribution >= 0.6 is 0 Å². The first-order valence-corrected chi connectivity index (χ1v) is 8.63. The quantitative estimate of drug-likeness (QED) is 0.761. The molecule has 25 heavy (non-hydrogen) atoms. The Bertz CT molecular complexity index is 741. The fraction of sp³-hybridized carbons (Fsp3) is 0.400. The molecule has 0 aliphatic rings.